The molecule has 0 rings (SSSR count). The van der Waals surface area contributed by atoms with Crippen LogP contribution >= 0.6 is 0 Å². The molecular weight excluding hydrogens is 877 g/mol. The maximum Gasteiger partial charge on any atom is 0.306 e. The van der Waals surface area contributed by atoms with Gasteiger partial charge in [-0.05, 0) is 116 Å². The van der Waals surface area contributed by atoms with E-state index in [9.17, 15) is 14.4 Å². The number of allylic oxidation sites excluding steroid dienone is 20. The summed E-state index contributed by atoms with van der Waals surface area (Å²) in [6.07, 6.45) is 80.7. The summed E-state index contributed by atoms with van der Waals surface area (Å²) >= 11 is 0. The van der Waals surface area contributed by atoms with Crippen molar-refractivity contribution in [3.05, 3.63) is 122 Å². The van der Waals surface area contributed by atoms with E-state index in [1.54, 1.807) is 0 Å². The molecule has 0 saturated carbocycles. The second-order valence-electron chi connectivity index (χ2n) is 18.8. The lowest BCUT2D eigenvalue weighted by Crippen LogP contribution is -2.30. The smallest absolute Gasteiger partial charge is 0.306 e. The first kappa shape index (κ1) is 66.8. The molecule has 0 N–H and O–H groups in total. The zero-order chi connectivity index (χ0) is 51.4. The standard InChI is InChI=1S/C65H106O6/c1-4-7-10-13-16-19-21-23-24-25-26-27-28-29-30-31-32-33-34-35-36-37-38-39-40-41-42-43-45-46-49-52-55-58-64(67)70-61-62(60-69-63(66)57-54-51-48-18-15-12-9-6-3)71-65(68)59-56-53-50-47-44-22-20-17-14-11-8-5-2/h7,10,16-17,19-20,23-24,26-27,29-30,32-33,35-36,38-39,41-42,62H,4-6,8-9,11-15,18,21-22,25,28,31,34,37,40,43-61H2,1-3H3/b10-7-,19-16-,20-17-,24-23-,27-26-,30-29-,33-32-,36-35-,39-38-,42-41-. The van der Waals surface area contributed by atoms with Crippen molar-refractivity contribution in [1.82, 2.24) is 0 Å². The maximum absolute atomic E-state index is 12.8. The molecule has 0 radical (unpaired) electrons. The molecule has 1 unspecified atom stereocenters. The molecule has 0 aromatic rings. The lowest BCUT2D eigenvalue weighted by Gasteiger charge is -2.18. The molecule has 0 heterocycles. The maximum atomic E-state index is 12.8. The molecule has 71 heavy (non-hydrogen) atoms. The highest BCUT2D eigenvalue weighted by Crippen LogP contribution is 2.14. The summed E-state index contributed by atoms with van der Waals surface area (Å²) in [7, 11) is 0. The largest absolute Gasteiger partial charge is 0.462 e. The topological polar surface area (TPSA) is 78.9 Å². The van der Waals surface area contributed by atoms with E-state index < -0.39 is 6.10 Å². The first-order valence-electron chi connectivity index (χ1n) is 29.0. The highest BCUT2D eigenvalue weighted by atomic mass is 16.6. The van der Waals surface area contributed by atoms with Crippen LogP contribution in [0.25, 0.3) is 0 Å². The van der Waals surface area contributed by atoms with E-state index >= 15 is 0 Å². The molecule has 402 valence electrons. The van der Waals surface area contributed by atoms with Gasteiger partial charge in [0.05, 0.1) is 0 Å². The zero-order valence-corrected chi connectivity index (χ0v) is 45.9. The summed E-state index contributed by atoms with van der Waals surface area (Å²) < 4.78 is 16.7. The van der Waals surface area contributed by atoms with Crippen LogP contribution in [0.1, 0.15) is 252 Å². The van der Waals surface area contributed by atoms with Crippen molar-refractivity contribution < 1.29 is 28.6 Å². The third kappa shape index (κ3) is 56.6. The van der Waals surface area contributed by atoms with Crippen LogP contribution in [0, 0.1) is 0 Å². The highest BCUT2D eigenvalue weighted by molar-refractivity contribution is 5.71. The molecule has 0 saturated heterocycles. The lowest BCUT2D eigenvalue weighted by atomic mass is 10.1. The fraction of sp³-hybridized carbons (Fsp3) is 0.646. The number of ether oxygens (including phenoxy) is 3. The second-order valence-corrected chi connectivity index (χ2v) is 18.8. The monoisotopic (exact) mass is 983 g/mol. The number of carbonyl (C=O) groups is 3. The van der Waals surface area contributed by atoms with Crippen molar-refractivity contribution in [3.8, 4) is 0 Å². The van der Waals surface area contributed by atoms with Gasteiger partial charge in [0.2, 0.25) is 0 Å². The fourth-order valence-electron chi connectivity index (χ4n) is 7.60. The van der Waals surface area contributed by atoms with Gasteiger partial charge in [-0.15, -0.1) is 0 Å². The average molecular weight is 984 g/mol. The number of rotatable bonds is 51. The molecular formula is C65H106O6. The molecule has 0 aromatic heterocycles. The molecule has 0 fully saturated rings. The molecule has 6 heteroatoms. The Morgan fingerprint density at radius 3 is 0.901 bits per heavy atom. The van der Waals surface area contributed by atoms with Crippen molar-refractivity contribution in [1.29, 1.82) is 0 Å². The number of carbonyl (C=O) groups excluding carboxylic acids is 3. The molecule has 0 aliphatic heterocycles. The van der Waals surface area contributed by atoms with Gasteiger partial charge in [0.15, 0.2) is 6.10 Å². The summed E-state index contributed by atoms with van der Waals surface area (Å²) in [5, 5.41) is 0. The van der Waals surface area contributed by atoms with Gasteiger partial charge in [0, 0.05) is 19.3 Å². The molecule has 1 atom stereocenters. The number of unbranched alkanes of at least 4 members (excludes halogenated alkanes) is 20. The summed E-state index contributed by atoms with van der Waals surface area (Å²) in [5.74, 6) is -0.926. The minimum absolute atomic E-state index is 0.0881. The Kier molecular flexibility index (Phi) is 54.9. The Morgan fingerprint density at radius 1 is 0.296 bits per heavy atom. The van der Waals surface area contributed by atoms with E-state index in [1.165, 1.54) is 64.2 Å². The zero-order valence-electron chi connectivity index (χ0n) is 45.9. The molecule has 0 aliphatic rings. The predicted molar refractivity (Wildman–Crippen MR) is 306 cm³/mol. The first-order valence-corrected chi connectivity index (χ1v) is 29.0. The van der Waals surface area contributed by atoms with Gasteiger partial charge in [-0.3, -0.25) is 14.4 Å². The minimum Gasteiger partial charge on any atom is -0.462 e. The minimum atomic E-state index is -0.789. The number of esters is 3. The second kappa shape index (κ2) is 58.4. The number of hydrogen-bond donors (Lipinski definition) is 0. The van der Waals surface area contributed by atoms with Gasteiger partial charge >= 0.3 is 17.9 Å². The van der Waals surface area contributed by atoms with Crippen molar-refractivity contribution in [2.45, 2.75) is 258 Å². The molecule has 0 amide bonds. The normalized spacial score (nSPS) is 13.0. The summed E-state index contributed by atoms with van der Waals surface area (Å²) in [6.45, 7) is 6.44. The van der Waals surface area contributed by atoms with Crippen LogP contribution in [0.5, 0.6) is 0 Å². The van der Waals surface area contributed by atoms with Crippen molar-refractivity contribution in [2.24, 2.45) is 0 Å². The number of hydrogen-bond acceptors (Lipinski definition) is 6. The van der Waals surface area contributed by atoms with Crippen LogP contribution in [0.2, 0.25) is 0 Å². The lowest BCUT2D eigenvalue weighted by molar-refractivity contribution is -0.167. The SMILES string of the molecule is CC/C=C\C/C=C\C/C=C\C/C=C\C/C=C\C/C=C\C/C=C\C/C=C\C/C=C\CCCCCCCC(=O)OCC(COC(=O)CCCCCCCCCC)OC(=O)CCCCCCC/C=C\CCCCC. The fourth-order valence-corrected chi connectivity index (χ4v) is 7.60. The quantitative estimate of drug-likeness (QED) is 0.0261. The van der Waals surface area contributed by atoms with E-state index in [0.29, 0.717) is 19.3 Å². The van der Waals surface area contributed by atoms with Crippen molar-refractivity contribution >= 4 is 17.9 Å². The molecule has 6 nitrogen and oxygen atoms in total. The third-order valence-corrected chi connectivity index (χ3v) is 12.0. The van der Waals surface area contributed by atoms with Crippen LogP contribution in [0.4, 0.5) is 0 Å². The molecule has 0 spiro atoms. The van der Waals surface area contributed by atoms with Crippen molar-refractivity contribution in [3.63, 3.8) is 0 Å². The van der Waals surface area contributed by atoms with Crippen LogP contribution in [-0.4, -0.2) is 37.2 Å². The summed E-state index contributed by atoms with van der Waals surface area (Å²) in [6, 6.07) is 0. The molecule has 0 bridgehead atoms. The Balaban J connectivity index is 4.20. The predicted octanol–water partition coefficient (Wildman–Crippen LogP) is 19.6. The van der Waals surface area contributed by atoms with Crippen LogP contribution in [0.3, 0.4) is 0 Å². The Bertz CT molecular complexity index is 1500. The first-order chi connectivity index (χ1) is 35.0. The van der Waals surface area contributed by atoms with Gasteiger partial charge in [0.25, 0.3) is 0 Å². The van der Waals surface area contributed by atoms with E-state index in [0.717, 1.165) is 148 Å². The van der Waals surface area contributed by atoms with Gasteiger partial charge in [-0.1, -0.05) is 239 Å². The molecule has 0 aromatic carbocycles. The summed E-state index contributed by atoms with van der Waals surface area (Å²) in [4.78, 5) is 37.9. The van der Waals surface area contributed by atoms with Crippen LogP contribution in [-0.2, 0) is 28.6 Å². The Labute approximate surface area is 437 Å². The van der Waals surface area contributed by atoms with Gasteiger partial charge in [-0.2, -0.15) is 0 Å². The molecule has 0 aliphatic carbocycles. The van der Waals surface area contributed by atoms with Gasteiger partial charge in [-0.25, -0.2) is 0 Å². The van der Waals surface area contributed by atoms with E-state index in [1.807, 2.05) is 0 Å². The van der Waals surface area contributed by atoms with E-state index in [-0.39, 0.29) is 31.1 Å². The van der Waals surface area contributed by atoms with Gasteiger partial charge in [0.1, 0.15) is 13.2 Å². The Hall–Kier alpha value is -4.19. The van der Waals surface area contributed by atoms with Gasteiger partial charge < -0.3 is 14.2 Å². The third-order valence-electron chi connectivity index (χ3n) is 12.0. The van der Waals surface area contributed by atoms with Crippen LogP contribution < -0.4 is 0 Å². The van der Waals surface area contributed by atoms with Crippen molar-refractivity contribution in [2.75, 3.05) is 13.2 Å². The van der Waals surface area contributed by atoms with Crippen LogP contribution in [0.15, 0.2) is 122 Å². The summed E-state index contributed by atoms with van der Waals surface area (Å²) in [5.41, 5.74) is 0. The Morgan fingerprint density at radius 2 is 0.549 bits per heavy atom. The average Bonchev–Trinajstić information content (AvgIpc) is 3.37. The highest BCUT2D eigenvalue weighted by Gasteiger charge is 2.19. The van der Waals surface area contributed by atoms with E-state index in [2.05, 4.69) is 142 Å². The van der Waals surface area contributed by atoms with E-state index in [4.69, 9.17) is 14.2 Å².